The van der Waals surface area contributed by atoms with Crippen LogP contribution < -0.4 is 5.32 Å². The molecule has 0 spiro atoms. The predicted molar refractivity (Wildman–Crippen MR) is 64.7 cm³/mol. The number of hydrogen-bond acceptors (Lipinski definition) is 1. The van der Waals surface area contributed by atoms with Gasteiger partial charge in [0.05, 0.1) is 0 Å². The van der Waals surface area contributed by atoms with Gasteiger partial charge in [0.15, 0.2) is 0 Å². The Bertz CT molecular complexity index is 313. The van der Waals surface area contributed by atoms with E-state index in [4.69, 9.17) is 0 Å². The normalized spacial score (nSPS) is 10.8. The highest BCUT2D eigenvalue weighted by molar-refractivity contribution is 5.69. The number of rotatable bonds is 4. The summed E-state index contributed by atoms with van der Waals surface area (Å²) in [6, 6.07) is 6.37. The highest BCUT2D eigenvalue weighted by atomic mass is 14.8. The highest BCUT2D eigenvalue weighted by Gasteiger charge is 1.98. The largest absolute Gasteiger partial charge is 0.387 e. The molecule has 1 rings (SSSR count). The molecule has 14 heavy (non-hydrogen) atoms. The molecule has 0 unspecified atom stereocenters. The Balaban J connectivity index is 2.90. The minimum atomic E-state index is 1.15. The van der Waals surface area contributed by atoms with Gasteiger partial charge < -0.3 is 5.32 Å². The summed E-state index contributed by atoms with van der Waals surface area (Å²) in [5.41, 5.74) is 3.81. The van der Waals surface area contributed by atoms with E-state index in [0.29, 0.717) is 0 Å². The molecule has 1 aromatic carbocycles. The smallest absolute Gasteiger partial charge is 0.0440 e. The van der Waals surface area contributed by atoms with E-state index in [0.717, 1.165) is 6.42 Å². The van der Waals surface area contributed by atoms with Gasteiger partial charge in [-0.15, -0.1) is 0 Å². The van der Waals surface area contributed by atoms with E-state index in [9.17, 15) is 0 Å². The lowest BCUT2D eigenvalue weighted by Crippen LogP contribution is -1.94. The van der Waals surface area contributed by atoms with E-state index in [1.54, 1.807) is 0 Å². The van der Waals surface area contributed by atoms with Crippen LogP contribution in [0.25, 0.3) is 6.08 Å². The maximum Gasteiger partial charge on any atom is 0.0440 e. The molecule has 0 aromatic heterocycles. The third kappa shape index (κ3) is 2.63. The summed E-state index contributed by atoms with van der Waals surface area (Å²) in [4.78, 5) is 0. The van der Waals surface area contributed by atoms with E-state index < -0.39 is 0 Å². The van der Waals surface area contributed by atoms with Crippen LogP contribution in [0.4, 0.5) is 5.69 Å². The predicted octanol–water partition coefficient (Wildman–Crippen LogP) is 3.85. The summed E-state index contributed by atoms with van der Waals surface area (Å²) in [7, 11) is 1.97. The number of benzene rings is 1. The molecule has 0 aliphatic heterocycles. The number of unbranched alkanes of at least 4 members (excludes halogenated alkanes) is 1. The number of anilines is 1. The molecule has 0 amide bonds. The monoisotopic (exact) mass is 189 g/mol. The van der Waals surface area contributed by atoms with Gasteiger partial charge in [-0.25, -0.2) is 0 Å². The summed E-state index contributed by atoms with van der Waals surface area (Å²) < 4.78 is 0. The third-order valence-electron chi connectivity index (χ3n) is 2.31. The molecule has 0 aliphatic rings. The second-order valence-electron chi connectivity index (χ2n) is 3.48. The molecule has 0 radical (unpaired) electrons. The fraction of sp³-hybridized carbons (Fsp3) is 0.385. The van der Waals surface area contributed by atoms with Crippen molar-refractivity contribution in [3.63, 3.8) is 0 Å². The van der Waals surface area contributed by atoms with Crippen molar-refractivity contribution in [2.24, 2.45) is 0 Å². The first-order chi connectivity index (χ1) is 6.79. The van der Waals surface area contributed by atoms with Crippen LogP contribution in [0.1, 0.15) is 30.9 Å². The zero-order valence-electron chi connectivity index (χ0n) is 9.30. The summed E-state index contributed by atoms with van der Waals surface area (Å²) in [5.74, 6) is 0. The van der Waals surface area contributed by atoms with Gasteiger partial charge in [0.1, 0.15) is 0 Å². The Morgan fingerprint density at radius 2 is 2.14 bits per heavy atom. The number of allylic oxidation sites excluding steroid dienone is 1. The van der Waals surface area contributed by atoms with Gasteiger partial charge in [-0.2, -0.15) is 0 Å². The van der Waals surface area contributed by atoms with Gasteiger partial charge in [0.2, 0.25) is 0 Å². The zero-order chi connectivity index (χ0) is 10.4. The van der Waals surface area contributed by atoms with E-state index in [2.05, 4.69) is 49.5 Å². The van der Waals surface area contributed by atoms with Gasteiger partial charge in [-0.1, -0.05) is 43.7 Å². The average molecular weight is 189 g/mol. The lowest BCUT2D eigenvalue weighted by atomic mass is 10.1. The first-order valence-corrected chi connectivity index (χ1v) is 5.23. The van der Waals surface area contributed by atoms with E-state index in [1.807, 2.05) is 7.05 Å². The summed E-state index contributed by atoms with van der Waals surface area (Å²) in [6.45, 7) is 4.32. The van der Waals surface area contributed by atoms with Crippen molar-refractivity contribution in [1.29, 1.82) is 0 Å². The fourth-order valence-corrected chi connectivity index (χ4v) is 1.55. The van der Waals surface area contributed by atoms with Crippen LogP contribution in [-0.2, 0) is 0 Å². The molecular formula is C13H19N. The summed E-state index contributed by atoms with van der Waals surface area (Å²) in [5, 5.41) is 3.24. The molecule has 0 aliphatic carbocycles. The second-order valence-corrected chi connectivity index (χ2v) is 3.48. The second kappa shape index (κ2) is 5.48. The fourth-order valence-electron chi connectivity index (χ4n) is 1.55. The average Bonchev–Trinajstić information content (AvgIpc) is 2.18. The first kappa shape index (κ1) is 10.8. The lowest BCUT2D eigenvalue weighted by molar-refractivity contribution is 0.962. The zero-order valence-corrected chi connectivity index (χ0v) is 9.30. The molecule has 0 heterocycles. The van der Waals surface area contributed by atoms with E-state index in [1.165, 1.54) is 23.2 Å². The van der Waals surface area contributed by atoms with Crippen LogP contribution in [0.5, 0.6) is 0 Å². The standard InChI is InChI=1S/C13H19N/c1-4-5-6-9-12-10-7-8-11(2)13(12)14-3/h6-10,14H,4-5H2,1-3H3/b9-6-. The topological polar surface area (TPSA) is 12.0 Å². The van der Waals surface area contributed by atoms with Gasteiger partial charge in [0, 0.05) is 12.7 Å². The van der Waals surface area contributed by atoms with Crippen molar-refractivity contribution in [3.8, 4) is 0 Å². The Hall–Kier alpha value is -1.24. The number of para-hydroxylation sites is 1. The molecule has 0 saturated carbocycles. The highest BCUT2D eigenvalue weighted by Crippen LogP contribution is 2.21. The molecule has 76 valence electrons. The van der Waals surface area contributed by atoms with Gasteiger partial charge in [-0.05, 0) is 24.5 Å². The van der Waals surface area contributed by atoms with Gasteiger partial charge >= 0.3 is 0 Å². The summed E-state index contributed by atoms with van der Waals surface area (Å²) >= 11 is 0. The van der Waals surface area contributed by atoms with Crippen LogP contribution in [0.2, 0.25) is 0 Å². The summed E-state index contributed by atoms with van der Waals surface area (Å²) in [6.07, 6.45) is 6.78. The maximum absolute atomic E-state index is 3.24. The Labute approximate surface area is 86.8 Å². The van der Waals surface area contributed by atoms with Crippen molar-refractivity contribution >= 4 is 11.8 Å². The first-order valence-electron chi connectivity index (χ1n) is 5.23. The van der Waals surface area contributed by atoms with Gasteiger partial charge in [-0.3, -0.25) is 0 Å². The van der Waals surface area contributed by atoms with Crippen LogP contribution in [0.3, 0.4) is 0 Å². The molecule has 1 N–H and O–H groups in total. The SMILES string of the molecule is CCC/C=C\c1cccc(C)c1NC. The van der Waals surface area contributed by atoms with Crippen molar-refractivity contribution in [1.82, 2.24) is 0 Å². The third-order valence-corrected chi connectivity index (χ3v) is 2.31. The Morgan fingerprint density at radius 3 is 2.79 bits per heavy atom. The van der Waals surface area contributed by atoms with Crippen molar-refractivity contribution in [2.75, 3.05) is 12.4 Å². The molecule has 0 bridgehead atoms. The maximum atomic E-state index is 3.24. The Morgan fingerprint density at radius 1 is 1.36 bits per heavy atom. The van der Waals surface area contributed by atoms with Crippen LogP contribution in [0.15, 0.2) is 24.3 Å². The molecule has 1 heteroatoms. The van der Waals surface area contributed by atoms with Crippen molar-refractivity contribution < 1.29 is 0 Å². The number of nitrogens with one attached hydrogen (secondary N) is 1. The minimum absolute atomic E-state index is 1.15. The molecule has 1 nitrogen and oxygen atoms in total. The van der Waals surface area contributed by atoms with Gasteiger partial charge in [0.25, 0.3) is 0 Å². The molecule has 0 fully saturated rings. The molecular weight excluding hydrogens is 170 g/mol. The minimum Gasteiger partial charge on any atom is -0.387 e. The molecule has 1 aromatic rings. The Kier molecular flexibility index (Phi) is 4.24. The van der Waals surface area contributed by atoms with E-state index in [-0.39, 0.29) is 0 Å². The quantitative estimate of drug-likeness (QED) is 0.758. The molecule has 0 atom stereocenters. The van der Waals surface area contributed by atoms with Crippen LogP contribution in [-0.4, -0.2) is 7.05 Å². The lowest BCUT2D eigenvalue weighted by Gasteiger charge is -2.08. The van der Waals surface area contributed by atoms with Crippen LogP contribution in [0, 0.1) is 6.92 Å². The molecule has 0 saturated heterocycles. The number of aryl methyl sites for hydroxylation is 1. The van der Waals surface area contributed by atoms with E-state index >= 15 is 0 Å². The van der Waals surface area contributed by atoms with Crippen LogP contribution >= 0.6 is 0 Å². The van der Waals surface area contributed by atoms with Crippen molar-refractivity contribution in [2.45, 2.75) is 26.7 Å². The number of hydrogen-bond donors (Lipinski definition) is 1. The van der Waals surface area contributed by atoms with Crippen molar-refractivity contribution in [3.05, 3.63) is 35.4 Å².